The number of halogens is 4. The van der Waals surface area contributed by atoms with E-state index < -0.39 is 41.4 Å². The Balaban J connectivity index is 1.97. The number of thioether (sulfide) groups is 1. The molecule has 2 atom stereocenters. The van der Waals surface area contributed by atoms with Gasteiger partial charge in [-0.1, -0.05) is 11.6 Å². The fraction of sp³-hybridized carbons (Fsp3) is 0.500. The van der Waals surface area contributed by atoms with Crippen LogP contribution in [0.25, 0.3) is 6.08 Å². The van der Waals surface area contributed by atoms with Crippen molar-refractivity contribution in [3.05, 3.63) is 43.5 Å². The van der Waals surface area contributed by atoms with Crippen LogP contribution in [0.1, 0.15) is 23.6 Å². The molecule has 1 aliphatic rings. The van der Waals surface area contributed by atoms with Crippen LogP contribution in [0.4, 0.5) is 18.0 Å². The summed E-state index contributed by atoms with van der Waals surface area (Å²) in [5.74, 6) is -0.948. The van der Waals surface area contributed by atoms with Gasteiger partial charge in [0.15, 0.2) is 0 Å². The van der Waals surface area contributed by atoms with Crippen molar-refractivity contribution < 1.29 is 51.6 Å². The SMILES string of the molecule is Cc1cc2c(c(C)c1Cl)C=C(C(=O)OC(C)OC(=O)OCCSCCO[N+](=O)[O-])C(C(F)(F)F)O2. The summed E-state index contributed by atoms with van der Waals surface area (Å²) in [6, 6.07) is 1.34. The molecular formula is C20H21ClF3NO9S. The summed E-state index contributed by atoms with van der Waals surface area (Å²) in [6.45, 7) is 4.03. The van der Waals surface area contributed by atoms with Crippen LogP contribution >= 0.6 is 23.4 Å². The Hall–Kier alpha value is -2.87. The number of benzene rings is 1. The van der Waals surface area contributed by atoms with E-state index in [9.17, 15) is 32.9 Å². The Labute approximate surface area is 206 Å². The molecule has 0 fully saturated rings. The van der Waals surface area contributed by atoms with Crippen LogP contribution in [0.15, 0.2) is 11.6 Å². The van der Waals surface area contributed by atoms with Gasteiger partial charge in [0.2, 0.25) is 12.4 Å². The van der Waals surface area contributed by atoms with E-state index in [1.807, 2.05) is 0 Å². The van der Waals surface area contributed by atoms with E-state index >= 15 is 0 Å². The summed E-state index contributed by atoms with van der Waals surface area (Å²) in [6.07, 6.45) is -9.34. The largest absolute Gasteiger partial charge is 0.511 e. The molecule has 1 aromatic rings. The molecule has 1 aromatic carbocycles. The van der Waals surface area contributed by atoms with E-state index in [0.717, 1.165) is 13.0 Å². The number of rotatable bonds is 10. The maximum atomic E-state index is 13.6. The molecule has 0 bridgehead atoms. The van der Waals surface area contributed by atoms with Gasteiger partial charge in [-0.25, -0.2) is 9.59 Å². The number of aryl methyl sites for hydroxylation is 1. The molecule has 1 heterocycles. The number of fused-ring (bicyclic) bond motifs is 1. The number of carbonyl (C=O) groups is 2. The molecule has 10 nitrogen and oxygen atoms in total. The molecule has 194 valence electrons. The number of hydrogen-bond acceptors (Lipinski definition) is 10. The lowest BCUT2D eigenvalue weighted by atomic mass is 9.96. The van der Waals surface area contributed by atoms with Gasteiger partial charge in [0.05, 0.1) is 5.57 Å². The molecule has 2 rings (SSSR count). The molecule has 0 aromatic heterocycles. The fourth-order valence-electron chi connectivity index (χ4n) is 2.91. The Morgan fingerprint density at radius 1 is 1.26 bits per heavy atom. The van der Waals surface area contributed by atoms with Gasteiger partial charge in [0, 0.05) is 29.0 Å². The highest BCUT2D eigenvalue weighted by atomic mass is 35.5. The molecule has 2 unspecified atom stereocenters. The highest BCUT2D eigenvalue weighted by Gasteiger charge is 2.49. The smallest absolute Gasteiger partial charge is 0.475 e. The zero-order chi connectivity index (χ0) is 26.3. The Kier molecular flexibility index (Phi) is 9.89. The van der Waals surface area contributed by atoms with Gasteiger partial charge in [-0.2, -0.15) is 24.9 Å². The van der Waals surface area contributed by atoms with Crippen molar-refractivity contribution in [1.82, 2.24) is 0 Å². The van der Waals surface area contributed by atoms with Crippen molar-refractivity contribution in [2.75, 3.05) is 24.7 Å². The van der Waals surface area contributed by atoms with Crippen LogP contribution in [0.2, 0.25) is 5.02 Å². The monoisotopic (exact) mass is 543 g/mol. The fourth-order valence-corrected chi connectivity index (χ4v) is 3.67. The Morgan fingerprint density at radius 3 is 2.54 bits per heavy atom. The van der Waals surface area contributed by atoms with Crippen LogP contribution in [0.3, 0.4) is 0 Å². The summed E-state index contributed by atoms with van der Waals surface area (Å²) < 4.78 is 60.2. The van der Waals surface area contributed by atoms with Crippen LogP contribution in [-0.4, -0.2) is 60.5 Å². The lowest BCUT2D eigenvalue weighted by molar-refractivity contribution is -0.756. The summed E-state index contributed by atoms with van der Waals surface area (Å²) in [7, 11) is 0. The lowest BCUT2D eigenvalue weighted by Crippen LogP contribution is -2.41. The topological polar surface area (TPSA) is 123 Å². The van der Waals surface area contributed by atoms with Gasteiger partial charge < -0.3 is 23.8 Å². The third-order valence-corrected chi connectivity index (χ3v) is 5.95. The van der Waals surface area contributed by atoms with Crippen molar-refractivity contribution in [2.45, 2.75) is 39.3 Å². The summed E-state index contributed by atoms with van der Waals surface area (Å²) in [5, 5.41) is 9.38. The minimum atomic E-state index is -4.94. The Morgan fingerprint density at radius 2 is 1.91 bits per heavy atom. The second-order valence-corrected chi connectivity index (χ2v) is 8.64. The van der Waals surface area contributed by atoms with Crippen molar-refractivity contribution in [1.29, 1.82) is 0 Å². The number of ether oxygens (including phenoxy) is 4. The second kappa shape index (κ2) is 12.2. The molecule has 0 aliphatic carbocycles. The first-order valence-electron chi connectivity index (χ1n) is 9.95. The minimum Gasteiger partial charge on any atom is -0.475 e. The predicted molar refractivity (Wildman–Crippen MR) is 118 cm³/mol. The summed E-state index contributed by atoms with van der Waals surface area (Å²) in [5.41, 5.74) is 0.280. The van der Waals surface area contributed by atoms with E-state index in [0.29, 0.717) is 16.1 Å². The van der Waals surface area contributed by atoms with Crippen molar-refractivity contribution >= 4 is 41.6 Å². The van der Waals surface area contributed by atoms with Crippen molar-refractivity contribution in [2.24, 2.45) is 0 Å². The van der Waals surface area contributed by atoms with Gasteiger partial charge in [0.1, 0.15) is 19.0 Å². The number of esters is 1. The number of nitrogens with zero attached hydrogens (tertiary/aromatic N) is 1. The second-order valence-electron chi connectivity index (χ2n) is 7.04. The minimum absolute atomic E-state index is 0.0843. The maximum Gasteiger partial charge on any atom is 0.511 e. The van der Waals surface area contributed by atoms with Crippen molar-refractivity contribution in [3.8, 4) is 5.75 Å². The summed E-state index contributed by atoms with van der Waals surface area (Å²) >= 11 is 7.37. The third-order valence-electron chi connectivity index (χ3n) is 4.46. The maximum absolute atomic E-state index is 13.6. The Bertz CT molecular complexity index is 1000. The highest BCUT2D eigenvalue weighted by molar-refractivity contribution is 7.99. The van der Waals surface area contributed by atoms with E-state index in [1.165, 1.54) is 17.8 Å². The van der Waals surface area contributed by atoms with E-state index in [4.69, 9.17) is 30.5 Å². The average molecular weight is 544 g/mol. The molecule has 1 aliphatic heterocycles. The van der Waals surface area contributed by atoms with Gasteiger partial charge in [-0.3, -0.25) is 0 Å². The number of hydrogen-bond donors (Lipinski definition) is 0. The van der Waals surface area contributed by atoms with Gasteiger partial charge in [-0.05, 0) is 37.1 Å². The van der Waals surface area contributed by atoms with E-state index in [1.54, 1.807) is 13.8 Å². The molecule has 0 saturated carbocycles. The third kappa shape index (κ3) is 8.09. The molecule has 15 heteroatoms. The van der Waals surface area contributed by atoms with Crippen LogP contribution in [-0.2, 0) is 23.8 Å². The quantitative estimate of drug-likeness (QED) is 0.135. The standard InChI is InChI=1S/C20H21ClF3NO9S/c1-10-8-15-13(11(2)16(10)21)9-14(17(34-15)20(22,23)24)18(26)32-12(3)33-19(27)30-4-6-35-7-5-31-25(28)29/h8-9,12,17H,4-7H2,1-3H3. The molecule has 0 amide bonds. The van der Waals surface area contributed by atoms with Crippen LogP contribution in [0.5, 0.6) is 5.75 Å². The first kappa shape index (κ1) is 28.4. The summed E-state index contributed by atoms with van der Waals surface area (Å²) in [4.78, 5) is 38.3. The van der Waals surface area contributed by atoms with Gasteiger partial charge >= 0.3 is 18.3 Å². The predicted octanol–water partition coefficient (Wildman–Crippen LogP) is 4.65. The molecule has 35 heavy (non-hydrogen) atoms. The van der Waals surface area contributed by atoms with E-state index in [-0.39, 0.29) is 36.0 Å². The molecule has 0 spiro atoms. The lowest BCUT2D eigenvalue weighted by Gasteiger charge is -2.29. The van der Waals surface area contributed by atoms with Crippen LogP contribution in [0, 0.1) is 24.0 Å². The molecule has 0 N–H and O–H groups in total. The first-order chi connectivity index (χ1) is 16.3. The zero-order valence-corrected chi connectivity index (χ0v) is 20.3. The zero-order valence-electron chi connectivity index (χ0n) is 18.7. The average Bonchev–Trinajstić information content (AvgIpc) is 2.75. The first-order valence-corrected chi connectivity index (χ1v) is 11.5. The number of alkyl halides is 3. The van der Waals surface area contributed by atoms with E-state index in [2.05, 4.69) is 4.84 Å². The van der Waals surface area contributed by atoms with Gasteiger partial charge in [0.25, 0.3) is 5.09 Å². The number of carbonyl (C=O) groups excluding carboxylic acids is 2. The highest BCUT2D eigenvalue weighted by Crippen LogP contribution is 2.41. The van der Waals surface area contributed by atoms with Gasteiger partial charge in [-0.15, -0.1) is 10.1 Å². The molecule has 0 saturated heterocycles. The normalized spacial score (nSPS) is 15.7. The van der Waals surface area contributed by atoms with Crippen molar-refractivity contribution in [3.63, 3.8) is 0 Å². The molecular weight excluding hydrogens is 523 g/mol. The molecule has 0 radical (unpaired) electrons. The van der Waals surface area contributed by atoms with Crippen LogP contribution < -0.4 is 4.74 Å².